The summed E-state index contributed by atoms with van der Waals surface area (Å²) in [6.45, 7) is 3.04. The number of rotatable bonds is 5. The molecule has 0 fully saturated rings. The van der Waals surface area contributed by atoms with Gasteiger partial charge in [-0.25, -0.2) is 0 Å². The van der Waals surface area contributed by atoms with E-state index in [1.165, 1.54) is 16.5 Å². The second-order valence-corrected chi connectivity index (χ2v) is 4.61. The van der Waals surface area contributed by atoms with Gasteiger partial charge in [-0.15, -0.1) is 0 Å². The van der Waals surface area contributed by atoms with Crippen LogP contribution >= 0.6 is 0 Å². The highest BCUT2D eigenvalue weighted by molar-refractivity contribution is 5.85. The Balaban J connectivity index is 1.95. The largest absolute Gasteiger partial charge is 0.385 e. The predicted molar refractivity (Wildman–Crippen MR) is 75.3 cm³/mol. The van der Waals surface area contributed by atoms with Gasteiger partial charge in [0.25, 0.3) is 0 Å². The van der Waals surface area contributed by atoms with Crippen molar-refractivity contribution in [3.63, 3.8) is 0 Å². The summed E-state index contributed by atoms with van der Waals surface area (Å²) in [6, 6.07) is 15.2. The van der Waals surface area contributed by atoms with Crippen molar-refractivity contribution >= 4 is 16.5 Å². The molecule has 0 aliphatic carbocycles. The highest BCUT2D eigenvalue weighted by Gasteiger charge is 1.96. The monoisotopic (exact) mass is 228 g/mol. The topological polar surface area (TPSA) is 38.0 Å². The lowest BCUT2D eigenvalue weighted by Gasteiger charge is -2.08. The molecule has 17 heavy (non-hydrogen) atoms. The van der Waals surface area contributed by atoms with Crippen LogP contribution in [-0.2, 0) is 0 Å². The summed E-state index contributed by atoms with van der Waals surface area (Å²) in [7, 11) is 0. The van der Waals surface area contributed by atoms with Crippen molar-refractivity contribution in [3.8, 4) is 0 Å². The van der Waals surface area contributed by atoms with Crippen molar-refractivity contribution in [3.05, 3.63) is 42.5 Å². The molecule has 3 N–H and O–H groups in total. The fraction of sp³-hybridized carbons (Fsp3) is 0.333. The first-order chi connectivity index (χ1) is 8.25. The maximum Gasteiger partial charge on any atom is 0.0346 e. The minimum Gasteiger partial charge on any atom is -0.385 e. The molecular weight excluding hydrogens is 208 g/mol. The maximum atomic E-state index is 5.72. The SMILES string of the molecule is CC(N)CCCNc1ccc2ccccc2c1. The molecule has 1 atom stereocenters. The molecule has 90 valence electrons. The number of nitrogens with one attached hydrogen (secondary N) is 1. The minimum atomic E-state index is 0.299. The fourth-order valence-electron chi connectivity index (χ4n) is 1.96. The molecule has 0 amide bonds. The molecule has 0 bridgehead atoms. The summed E-state index contributed by atoms with van der Waals surface area (Å²) < 4.78 is 0. The van der Waals surface area contributed by atoms with E-state index in [0.29, 0.717) is 6.04 Å². The Bertz CT molecular complexity index is 477. The fourth-order valence-corrected chi connectivity index (χ4v) is 1.96. The lowest BCUT2D eigenvalue weighted by molar-refractivity contribution is 0.639. The van der Waals surface area contributed by atoms with Gasteiger partial charge in [-0.05, 0) is 42.7 Å². The summed E-state index contributed by atoms with van der Waals surface area (Å²) in [6.07, 6.45) is 2.19. The zero-order valence-electron chi connectivity index (χ0n) is 10.3. The zero-order chi connectivity index (χ0) is 12.1. The zero-order valence-corrected chi connectivity index (χ0v) is 10.3. The van der Waals surface area contributed by atoms with E-state index in [0.717, 1.165) is 19.4 Å². The molecule has 2 aromatic carbocycles. The molecular formula is C15H20N2. The van der Waals surface area contributed by atoms with E-state index in [1.807, 2.05) is 0 Å². The standard InChI is InChI=1S/C15H20N2/c1-12(16)5-4-10-17-15-9-8-13-6-2-3-7-14(13)11-15/h2-3,6-9,11-12,17H,4-5,10,16H2,1H3. The van der Waals surface area contributed by atoms with Crippen molar-refractivity contribution in [1.82, 2.24) is 0 Å². The third-order valence-corrected chi connectivity index (χ3v) is 2.91. The quantitative estimate of drug-likeness (QED) is 0.770. The Morgan fingerprint density at radius 2 is 1.88 bits per heavy atom. The van der Waals surface area contributed by atoms with Crippen LogP contribution in [0, 0.1) is 0 Å². The molecule has 0 spiro atoms. The Morgan fingerprint density at radius 3 is 2.65 bits per heavy atom. The van der Waals surface area contributed by atoms with Gasteiger partial charge in [-0.2, -0.15) is 0 Å². The van der Waals surface area contributed by atoms with Crippen molar-refractivity contribution < 1.29 is 0 Å². The second kappa shape index (κ2) is 5.69. The molecule has 0 saturated heterocycles. The first kappa shape index (κ1) is 11.9. The number of anilines is 1. The van der Waals surface area contributed by atoms with Gasteiger partial charge in [0.05, 0.1) is 0 Å². The normalized spacial score (nSPS) is 12.6. The summed E-state index contributed by atoms with van der Waals surface area (Å²) in [5.74, 6) is 0. The van der Waals surface area contributed by atoms with E-state index in [9.17, 15) is 0 Å². The van der Waals surface area contributed by atoms with Gasteiger partial charge in [0.15, 0.2) is 0 Å². The Labute approximate surface area is 103 Å². The first-order valence-electron chi connectivity index (χ1n) is 6.24. The van der Waals surface area contributed by atoms with Crippen LogP contribution in [0.3, 0.4) is 0 Å². The van der Waals surface area contributed by atoms with E-state index in [4.69, 9.17) is 5.73 Å². The van der Waals surface area contributed by atoms with Gasteiger partial charge in [0.2, 0.25) is 0 Å². The van der Waals surface area contributed by atoms with Gasteiger partial charge in [-0.1, -0.05) is 30.3 Å². The number of benzene rings is 2. The van der Waals surface area contributed by atoms with Crippen LogP contribution in [0.1, 0.15) is 19.8 Å². The Kier molecular flexibility index (Phi) is 3.99. The summed E-state index contributed by atoms with van der Waals surface area (Å²) in [5.41, 5.74) is 6.91. The molecule has 0 aliphatic heterocycles. The molecule has 0 aliphatic rings. The van der Waals surface area contributed by atoms with E-state index >= 15 is 0 Å². The average molecular weight is 228 g/mol. The molecule has 1 unspecified atom stereocenters. The van der Waals surface area contributed by atoms with Crippen molar-refractivity contribution in [2.45, 2.75) is 25.8 Å². The smallest absolute Gasteiger partial charge is 0.0346 e. The molecule has 2 rings (SSSR count). The third-order valence-electron chi connectivity index (χ3n) is 2.91. The average Bonchev–Trinajstić information content (AvgIpc) is 2.34. The highest BCUT2D eigenvalue weighted by Crippen LogP contribution is 2.18. The molecule has 0 saturated carbocycles. The van der Waals surface area contributed by atoms with E-state index < -0.39 is 0 Å². The first-order valence-corrected chi connectivity index (χ1v) is 6.24. The van der Waals surface area contributed by atoms with E-state index in [1.54, 1.807) is 0 Å². The minimum absolute atomic E-state index is 0.299. The molecule has 2 heteroatoms. The molecule has 0 heterocycles. The molecule has 0 aromatic heterocycles. The van der Waals surface area contributed by atoms with Crippen LogP contribution < -0.4 is 11.1 Å². The van der Waals surface area contributed by atoms with Gasteiger partial charge in [0.1, 0.15) is 0 Å². The molecule has 2 aromatic rings. The van der Waals surface area contributed by atoms with Crippen LogP contribution in [-0.4, -0.2) is 12.6 Å². The van der Waals surface area contributed by atoms with Crippen LogP contribution in [0.4, 0.5) is 5.69 Å². The number of hydrogen-bond acceptors (Lipinski definition) is 2. The van der Waals surface area contributed by atoms with Crippen molar-refractivity contribution in [2.75, 3.05) is 11.9 Å². The number of nitrogens with two attached hydrogens (primary N) is 1. The number of hydrogen-bond donors (Lipinski definition) is 2. The predicted octanol–water partition coefficient (Wildman–Crippen LogP) is 3.38. The van der Waals surface area contributed by atoms with Crippen molar-refractivity contribution in [1.29, 1.82) is 0 Å². The Hall–Kier alpha value is -1.54. The van der Waals surface area contributed by atoms with Gasteiger partial charge in [0, 0.05) is 18.3 Å². The highest BCUT2D eigenvalue weighted by atomic mass is 14.9. The molecule has 2 nitrogen and oxygen atoms in total. The summed E-state index contributed by atoms with van der Waals surface area (Å²) in [5, 5.41) is 6.00. The van der Waals surface area contributed by atoms with Crippen LogP contribution in [0.5, 0.6) is 0 Å². The summed E-state index contributed by atoms with van der Waals surface area (Å²) >= 11 is 0. The van der Waals surface area contributed by atoms with Crippen LogP contribution in [0.15, 0.2) is 42.5 Å². The molecule has 0 radical (unpaired) electrons. The lowest BCUT2D eigenvalue weighted by Crippen LogP contribution is -2.16. The number of fused-ring (bicyclic) bond motifs is 1. The van der Waals surface area contributed by atoms with Crippen LogP contribution in [0.2, 0.25) is 0 Å². The third kappa shape index (κ3) is 3.46. The maximum absolute atomic E-state index is 5.72. The van der Waals surface area contributed by atoms with E-state index in [-0.39, 0.29) is 0 Å². The Morgan fingerprint density at radius 1 is 1.12 bits per heavy atom. The van der Waals surface area contributed by atoms with Gasteiger partial charge >= 0.3 is 0 Å². The lowest BCUT2D eigenvalue weighted by atomic mass is 10.1. The van der Waals surface area contributed by atoms with Gasteiger partial charge < -0.3 is 11.1 Å². The van der Waals surface area contributed by atoms with Crippen LogP contribution in [0.25, 0.3) is 10.8 Å². The summed E-state index contributed by atoms with van der Waals surface area (Å²) in [4.78, 5) is 0. The van der Waals surface area contributed by atoms with Crippen molar-refractivity contribution in [2.24, 2.45) is 5.73 Å². The van der Waals surface area contributed by atoms with Gasteiger partial charge in [-0.3, -0.25) is 0 Å². The second-order valence-electron chi connectivity index (χ2n) is 4.61. The van der Waals surface area contributed by atoms with E-state index in [2.05, 4.69) is 54.7 Å².